The van der Waals surface area contributed by atoms with Crippen LogP contribution in [-0.2, 0) is 16.1 Å². The number of amides is 1. The van der Waals surface area contributed by atoms with Gasteiger partial charge in [-0.25, -0.2) is 4.98 Å². The van der Waals surface area contributed by atoms with Crippen LogP contribution in [0.5, 0.6) is 0 Å². The van der Waals surface area contributed by atoms with Gasteiger partial charge in [0.15, 0.2) is 5.16 Å². The summed E-state index contributed by atoms with van der Waals surface area (Å²) in [4.78, 5) is 40.1. The Morgan fingerprint density at radius 3 is 2.91 bits per heavy atom. The number of carbonyl (C=O) groups is 1. The topological polar surface area (TPSA) is 116 Å². The lowest BCUT2D eigenvalue weighted by Gasteiger charge is -2.16. The van der Waals surface area contributed by atoms with Gasteiger partial charge in [-0.1, -0.05) is 23.9 Å². The first-order chi connectivity index (χ1) is 15.4. The van der Waals surface area contributed by atoms with Crippen molar-refractivity contribution in [3.05, 3.63) is 68.7 Å². The van der Waals surface area contributed by atoms with Gasteiger partial charge in [0.25, 0.3) is 5.56 Å². The molecule has 0 saturated carbocycles. The highest BCUT2D eigenvalue weighted by Gasteiger charge is 2.21. The normalized spacial score (nSPS) is 15.7. The largest absolute Gasteiger partial charge is 0.376 e. The molecule has 0 unspecified atom stereocenters. The zero-order valence-electron chi connectivity index (χ0n) is 16.8. The highest BCUT2D eigenvalue weighted by atomic mass is 32.2. The SMILES string of the molecule is O=C(CSc1nc2ccccc2c(=O)n1C[C@H]1CCCO1)Nc1ccc(F)c([N+](=O)[O-])c1. The van der Waals surface area contributed by atoms with Crippen molar-refractivity contribution in [3.63, 3.8) is 0 Å². The van der Waals surface area contributed by atoms with E-state index in [1.165, 1.54) is 10.6 Å². The Hall–Kier alpha value is -3.31. The minimum absolute atomic E-state index is 0.0939. The molecule has 166 valence electrons. The molecule has 9 nitrogen and oxygen atoms in total. The average Bonchev–Trinajstić information content (AvgIpc) is 3.29. The van der Waals surface area contributed by atoms with Crippen molar-refractivity contribution in [3.8, 4) is 0 Å². The van der Waals surface area contributed by atoms with Crippen LogP contribution in [0.2, 0.25) is 0 Å². The van der Waals surface area contributed by atoms with Crippen LogP contribution in [0.15, 0.2) is 52.4 Å². The van der Waals surface area contributed by atoms with Gasteiger partial charge in [-0.05, 0) is 37.1 Å². The molecule has 0 radical (unpaired) electrons. The molecule has 1 N–H and O–H groups in total. The second-order valence-electron chi connectivity index (χ2n) is 7.22. The number of nitrogens with one attached hydrogen (secondary N) is 1. The number of thioether (sulfide) groups is 1. The average molecular weight is 458 g/mol. The Morgan fingerprint density at radius 2 is 2.16 bits per heavy atom. The third kappa shape index (κ3) is 4.78. The van der Waals surface area contributed by atoms with Crippen LogP contribution < -0.4 is 10.9 Å². The van der Waals surface area contributed by atoms with Gasteiger partial charge >= 0.3 is 5.69 Å². The molecule has 1 aromatic heterocycles. The monoisotopic (exact) mass is 458 g/mol. The van der Waals surface area contributed by atoms with Crippen molar-refractivity contribution < 1.29 is 18.8 Å². The number of hydrogen-bond acceptors (Lipinski definition) is 7. The second-order valence-corrected chi connectivity index (χ2v) is 8.16. The van der Waals surface area contributed by atoms with E-state index in [0.29, 0.717) is 29.2 Å². The summed E-state index contributed by atoms with van der Waals surface area (Å²) < 4.78 is 20.7. The first-order valence-electron chi connectivity index (χ1n) is 9.90. The van der Waals surface area contributed by atoms with Crippen molar-refractivity contribution >= 4 is 39.9 Å². The smallest absolute Gasteiger partial charge is 0.306 e. The molecule has 0 aliphatic carbocycles. The Bertz CT molecular complexity index is 1240. The lowest BCUT2D eigenvalue weighted by molar-refractivity contribution is -0.387. The number of halogens is 1. The number of carbonyl (C=O) groups excluding carboxylic acids is 1. The Labute approximate surface area is 185 Å². The maximum absolute atomic E-state index is 13.5. The molecule has 11 heteroatoms. The maximum Gasteiger partial charge on any atom is 0.306 e. The number of nitrogens with zero attached hydrogens (tertiary/aromatic N) is 3. The van der Waals surface area contributed by atoms with E-state index in [9.17, 15) is 24.1 Å². The van der Waals surface area contributed by atoms with Crippen molar-refractivity contribution in [1.82, 2.24) is 9.55 Å². The minimum Gasteiger partial charge on any atom is -0.376 e. The summed E-state index contributed by atoms with van der Waals surface area (Å²) in [5.74, 6) is -1.55. The summed E-state index contributed by atoms with van der Waals surface area (Å²) in [5.41, 5.74) is -0.301. The van der Waals surface area contributed by atoms with Crippen LogP contribution in [0.4, 0.5) is 15.8 Å². The molecule has 1 amide bonds. The lowest BCUT2D eigenvalue weighted by atomic mass is 10.2. The van der Waals surface area contributed by atoms with E-state index in [0.717, 1.165) is 36.7 Å². The fraction of sp³-hybridized carbons (Fsp3) is 0.286. The predicted molar refractivity (Wildman–Crippen MR) is 117 cm³/mol. The van der Waals surface area contributed by atoms with E-state index in [1.54, 1.807) is 24.3 Å². The molecule has 4 rings (SSSR count). The van der Waals surface area contributed by atoms with E-state index < -0.39 is 22.3 Å². The van der Waals surface area contributed by atoms with E-state index in [4.69, 9.17) is 4.74 Å². The summed E-state index contributed by atoms with van der Waals surface area (Å²) in [6.07, 6.45) is 1.67. The number of fused-ring (bicyclic) bond motifs is 1. The molecule has 0 spiro atoms. The van der Waals surface area contributed by atoms with Crippen molar-refractivity contribution in [2.75, 3.05) is 17.7 Å². The van der Waals surface area contributed by atoms with Gasteiger partial charge in [-0.3, -0.25) is 24.3 Å². The minimum atomic E-state index is -0.985. The van der Waals surface area contributed by atoms with Crippen LogP contribution in [-0.4, -0.2) is 38.8 Å². The van der Waals surface area contributed by atoms with Gasteiger partial charge in [0.2, 0.25) is 11.7 Å². The van der Waals surface area contributed by atoms with Crippen molar-refractivity contribution in [1.29, 1.82) is 0 Å². The third-order valence-electron chi connectivity index (χ3n) is 5.00. The summed E-state index contributed by atoms with van der Waals surface area (Å²) in [6, 6.07) is 10.1. The molecular weight excluding hydrogens is 439 g/mol. The third-order valence-corrected chi connectivity index (χ3v) is 5.97. The molecule has 3 aromatic rings. The van der Waals surface area contributed by atoms with E-state index >= 15 is 0 Å². The second kappa shape index (κ2) is 9.45. The highest BCUT2D eigenvalue weighted by Crippen LogP contribution is 2.23. The highest BCUT2D eigenvalue weighted by molar-refractivity contribution is 7.99. The number of para-hydroxylation sites is 1. The Balaban J connectivity index is 1.54. The molecule has 1 saturated heterocycles. The number of ether oxygens (including phenoxy) is 1. The molecule has 1 atom stereocenters. The Morgan fingerprint density at radius 1 is 1.34 bits per heavy atom. The van der Waals surface area contributed by atoms with Crippen LogP contribution in [0.1, 0.15) is 12.8 Å². The van der Waals surface area contributed by atoms with Gasteiger partial charge in [0.1, 0.15) is 0 Å². The van der Waals surface area contributed by atoms with Crippen LogP contribution in [0.25, 0.3) is 10.9 Å². The van der Waals surface area contributed by atoms with E-state index in [-0.39, 0.29) is 23.1 Å². The predicted octanol–water partition coefficient (Wildman–Crippen LogP) is 3.35. The first kappa shape index (κ1) is 21.9. The quantitative estimate of drug-likeness (QED) is 0.250. The molecule has 1 aliphatic heterocycles. The first-order valence-corrected chi connectivity index (χ1v) is 10.9. The summed E-state index contributed by atoms with van der Waals surface area (Å²) in [7, 11) is 0. The number of hydrogen-bond donors (Lipinski definition) is 1. The summed E-state index contributed by atoms with van der Waals surface area (Å²) in [5, 5.41) is 14.3. The number of nitro benzene ring substituents is 1. The van der Waals surface area contributed by atoms with Crippen LogP contribution >= 0.6 is 11.8 Å². The molecule has 0 bridgehead atoms. The van der Waals surface area contributed by atoms with E-state index in [2.05, 4.69) is 10.3 Å². The van der Waals surface area contributed by atoms with Gasteiger partial charge in [0.05, 0.1) is 34.2 Å². The van der Waals surface area contributed by atoms with Gasteiger partial charge < -0.3 is 10.1 Å². The molecule has 2 aromatic carbocycles. The molecular formula is C21H19FN4O5S. The zero-order chi connectivity index (χ0) is 22.7. The van der Waals surface area contributed by atoms with Crippen LogP contribution in [0.3, 0.4) is 0 Å². The maximum atomic E-state index is 13.5. The Kier molecular flexibility index (Phi) is 6.47. The number of aromatic nitrogens is 2. The lowest BCUT2D eigenvalue weighted by Crippen LogP contribution is -2.29. The number of nitro groups is 1. The van der Waals surface area contributed by atoms with E-state index in [1.807, 2.05) is 0 Å². The molecule has 2 heterocycles. The standard InChI is InChI=1S/C21H19FN4O5S/c22-16-8-7-13(10-18(16)26(29)30)23-19(27)12-32-21-24-17-6-2-1-5-15(17)20(28)25(21)11-14-4-3-9-31-14/h1-2,5-8,10,14H,3-4,9,11-12H2,(H,23,27)/t14-/m1/s1. The number of rotatable bonds is 7. The number of anilines is 1. The molecule has 32 heavy (non-hydrogen) atoms. The van der Waals surface area contributed by atoms with Gasteiger partial charge in [0, 0.05) is 18.4 Å². The van der Waals surface area contributed by atoms with Crippen LogP contribution in [0, 0.1) is 15.9 Å². The summed E-state index contributed by atoms with van der Waals surface area (Å²) in [6.45, 7) is 0.986. The fourth-order valence-electron chi connectivity index (χ4n) is 3.47. The van der Waals surface area contributed by atoms with Crippen molar-refractivity contribution in [2.24, 2.45) is 0 Å². The number of benzene rings is 2. The molecule has 1 fully saturated rings. The fourth-order valence-corrected chi connectivity index (χ4v) is 4.28. The summed E-state index contributed by atoms with van der Waals surface area (Å²) >= 11 is 1.08. The van der Waals surface area contributed by atoms with Gasteiger partial charge in [-0.2, -0.15) is 4.39 Å². The van der Waals surface area contributed by atoms with Gasteiger partial charge in [-0.15, -0.1) is 0 Å². The zero-order valence-corrected chi connectivity index (χ0v) is 17.6. The van der Waals surface area contributed by atoms with Crippen molar-refractivity contribution in [2.45, 2.75) is 30.6 Å². The molecule has 1 aliphatic rings.